The Morgan fingerprint density at radius 2 is 0.698 bits per heavy atom. The number of furan rings is 1. The quantitative estimate of drug-likeness (QED) is 0.142. The van der Waals surface area contributed by atoms with E-state index in [-0.39, 0.29) is 0 Å². The molecule has 0 amide bonds. The average molecular weight is 1090 g/mol. The molecule has 0 bridgehead atoms. The van der Waals surface area contributed by atoms with Crippen molar-refractivity contribution < 1.29 is 4.42 Å². The molecule has 0 N–H and O–H groups in total. The largest absolute Gasteiger partial charge is 0.455 e. The molecule has 2 aliphatic rings. The van der Waals surface area contributed by atoms with Crippen molar-refractivity contribution >= 4 is 49.3 Å². The van der Waals surface area contributed by atoms with Crippen LogP contribution in [0.5, 0.6) is 0 Å². The lowest BCUT2D eigenvalue weighted by Gasteiger charge is -2.34. The number of para-hydroxylation sites is 1. The van der Waals surface area contributed by atoms with E-state index in [4.69, 9.17) is 14.6 Å². The summed E-state index contributed by atoms with van der Waals surface area (Å²) in [5.41, 5.74) is 25.2. The number of pyridine rings is 1. The fraction of sp³-hybridized carbons (Fsp3) is 0.0244. The SMILES string of the molecule is c1ccc(C2(c3ccccc3)c3ccccc3-c3ccc(-c4ccc5oc6c(-c7ccc(-c8nnc9c%10ccccc%10c%10ccccc%10n89)cc7)cc(-c7ccc8c(c7)C(c7ccccc7)(c7ccccc7)c7ccccc7-8)cc6c5c4)cc32)cc1. The van der Waals surface area contributed by atoms with Gasteiger partial charge in [-0.1, -0.05) is 267 Å². The van der Waals surface area contributed by atoms with Gasteiger partial charge < -0.3 is 4.42 Å². The first-order valence-corrected chi connectivity index (χ1v) is 29.6. The van der Waals surface area contributed by atoms with E-state index in [0.29, 0.717) is 0 Å². The molecule has 86 heavy (non-hydrogen) atoms. The molecule has 13 aromatic carbocycles. The number of nitrogens with zero attached hydrogens (tertiary/aromatic N) is 3. The Balaban J connectivity index is 0.846. The molecule has 4 heteroatoms. The lowest BCUT2D eigenvalue weighted by molar-refractivity contribution is 0.670. The zero-order chi connectivity index (χ0) is 56.5. The minimum absolute atomic E-state index is 0.518. The van der Waals surface area contributed by atoms with Gasteiger partial charge in [0.05, 0.1) is 16.3 Å². The molecule has 3 heterocycles. The van der Waals surface area contributed by atoms with Crippen molar-refractivity contribution in [2.24, 2.45) is 0 Å². The van der Waals surface area contributed by atoms with Gasteiger partial charge in [0.1, 0.15) is 11.2 Å². The molecule has 0 saturated heterocycles. The van der Waals surface area contributed by atoms with Crippen molar-refractivity contribution in [2.75, 3.05) is 0 Å². The predicted molar refractivity (Wildman–Crippen MR) is 352 cm³/mol. The number of aromatic nitrogens is 3. The van der Waals surface area contributed by atoms with E-state index in [2.05, 4.69) is 314 Å². The fourth-order valence-corrected chi connectivity index (χ4v) is 15.2. The van der Waals surface area contributed by atoms with Crippen molar-refractivity contribution in [3.05, 3.63) is 354 Å². The number of hydrogen-bond donors (Lipinski definition) is 0. The van der Waals surface area contributed by atoms with Crippen LogP contribution in [0.4, 0.5) is 0 Å². The molecule has 4 nitrogen and oxygen atoms in total. The molecule has 0 spiro atoms. The summed E-state index contributed by atoms with van der Waals surface area (Å²) in [6.07, 6.45) is 0. The van der Waals surface area contributed by atoms with E-state index in [1.54, 1.807) is 0 Å². The molecule has 0 unspecified atom stereocenters. The second kappa shape index (κ2) is 18.7. The van der Waals surface area contributed by atoms with Gasteiger partial charge in [0.25, 0.3) is 0 Å². The molecule has 0 fully saturated rings. The zero-order valence-corrected chi connectivity index (χ0v) is 46.7. The summed E-state index contributed by atoms with van der Waals surface area (Å²) < 4.78 is 9.38. The van der Waals surface area contributed by atoms with E-state index in [0.717, 1.165) is 94.0 Å². The maximum absolute atomic E-state index is 7.17. The number of rotatable bonds is 8. The summed E-state index contributed by atoms with van der Waals surface area (Å²) in [7, 11) is 0. The first-order chi connectivity index (χ1) is 42.6. The van der Waals surface area contributed by atoms with Crippen molar-refractivity contribution in [3.8, 4) is 67.0 Å². The third-order valence-electron chi connectivity index (χ3n) is 18.9. The van der Waals surface area contributed by atoms with Gasteiger partial charge in [-0.2, -0.15) is 0 Å². The molecule has 0 saturated carbocycles. The van der Waals surface area contributed by atoms with Gasteiger partial charge in [-0.25, -0.2) is 0 Å². The van der Waals surface area contributed by atoms with Crippen molar-refractivity contribution in [1.29, 1.82) is 0 Å². The molecule has 3 aromatic heterocycles. The van der Waals surface area contributed by atoms with E-state index in [9.17, 15) is 0 Å². The Hall–Kier alpha value is -11.2. The highest BCUT2D eigenvalue weighted by molar-refractivity contribution is 6.14. The summed E-state index contributed by atoms with van der Waals surface area (Å²) in [6, 6.07) is 114. The molecule has 16 aromatic rings. The van der Waals surface area contributed by atoms with Crippen LogP contribution in [0.2, 0.25) is 0 Å². The maximum atomic E-state index is 7.17. The van der Waals surface area contributed by atoms with Crippen LogP contribution >= 0.6 is 0 Å². The molecule has 2 aliphatic carbocycles. The molecule has 0 aliphatic heterocycles. The van der Waals surface area contributed by atoms with E-state index in [1.165, 1.54) is 66.8 Å². The summed E-state index contributed by atoms with van der Waals surface area (Å²) >= 11 is 0. The van der Waals surface area contributed by atoms with Gasteiger partial charge in [0, 0.05) is 32.7 Å². The van der Waals surface area contributed by atoms with Crippen LogP contribution in [0.3, 0.4) is 0 Å². The summed E-state index contributed by atoms with van der Waals surface area (Å²) in [4.78, 5) is 0. The van der Waals surface area contributed by atoms with Crippen LogP contribution in [-0.2, 0) is 10.8 Å². The van der Waals surface area contributed by atoms with E-state index < -0.39 is 10.8 Å². The van der Waals surface area contributed by atoms with Gasteiger partial charge in [-0.15, -0.1) is 10.2 Å². The van der Waals surface area contributed by atoms with Crippen LogP contribution in [0, 0.1) is 0 Å². The van der Waals surface area contributed by atoms with Gasteiger partial charge in [-0.05, 0) is 142 Å². The standard InChI is InChI=1S/C82H51N3O/c1-5-21-58(22-6-1)81(59-23-7-2-8-24-59)72-34-18-15-30-63(72)65-44-41-55(50-74(65)81)54-43-46-77-70(47-54)71-49-57(56-42-45-66-64-31-16-19-35-73(64)82(75(66)51-56,60-25-9-3-10-26-60)61-27-11-4-12-28-61)48-69(78(71)86-77)52-37-39-53(40-38-52)79-83-84-80-68-33-14-13-29-62(68)67-32-17-20-36-76(67)85(79)80/h1-51H. The zero-order valence-electron chi connectivity index (χ0n) is 46.7. The van der Waals surface area contributed by atoms with Crippen LogP contribution in [-0.4, -0.2) is 14.6 Å². The Morgan fingerprint density at radius 1 is 0.267 bits per heavy atom. The Labute approximate surface area is 497 Å². The molecule has 0 radical (unpaired) electrons. The van der Waals surface area contributed by atoms with Crippen molar-refractivity contribution in [2.45, 2.75) is 10.8 Å². The van der Waals surface area contributed by atoms with Gasteiger partial charge >= 0.3 is 0 Å². The minimum Gasteiger partial charge on any atom is -0.455 e. The maximum Gasteiger partial charge on any atom is 0.169 e. The summed E-state index contributed by atoms with van der Waals surface area (Å²) in [5.74, 6) is 0.795. The molecular formula is C82H51N3O. The Morgan fingerprint density at radius 3 is 1.28 bits per heavy atom. The van der Waals surface area contributed by atoms with Crippen molar-refractivity contribution in [3.63, 3.8) is 0 Å². The van der Waals surface area contributed by atoms with E-state index >= 15 is 0 Å². The molecule has 18 rings (SSSR count). The highest BCUT2D eigenvalue weighted by Gasteiger charge is 2.47. The third kappa shape index (κ3) is 6.81. The fourth-order valence-electron chi connectivity index (χ4n) is 15.2. The summed E-state index contributed by atoms with van der Waals surface area (Å²) in [6.45, 7) is 0. The molecule has 400 valence electrons. The predicted octanol–water partition coefficient (Wildman–Crippen LogP) is 20.3. The van der Waals surface area contributed by atoms with Gasteiger partial charge in [0.15, 0.2) is 11.5 Å². The molecule has 0 atom stereocenters. The first kappa shape index (κ1) is 48.3. The minimum atomic E-state index is -0.552. The Kier molecular flexibility index (Phi) is 10.5. The number of hydrogen-bond acceptors (Lipinski definition) is 3. The summed E-state index contributed by atoms with van der Waals surface area (Å²) in [5, 5.41) is 15.2. The first-order valence-electron chi connectivity index (χ1n) is 29.6. The monoisotopic (exact) mass is 1090 g/mol. The number of benzene rings is 13. The number of fused-ring (bicyclic) bond motifs is 15. The van der Waals surface area contributed by atoms with Gasteiger partial charge in [0.2, 0.25) is 0 Å². The Bertz CT molecular complexity index is 5310. The van der Waals surface area contributed by atoms with Crippen LogP contribution in [0.15, 0.2) is 314 Å². The third-order valence-corrected chi connectivity index (χ3v) is 18.9. The highest BCUT2D eigenvalue weighted by atomic mass is 16.3. The van der Waals surface area contributed by atoms with Crippen molar-refractivity contribution in [1.82, 2.24) is 14.6 Å². The lowest BCUT2D eigenvalue weighted by Crippen LogP contribution is -2.28. The normalized spacial score (nSPS) is 13.5. The van der Waals surface area contributed by atoms with Crippen LogP contribution in [0.25, 0.3) is 116 Å². The average Bonchev–Trinajstić information content (AvgIpc) is 1.68. The van der Waals surface area contributed by atoms with E-state index in [1.807, 2.05) is 0 Å². The topological polar surface area (TPSA) is 43.3 Å². The van der Waals surface area contributed by atoms with Crippen LogP contribution in [0.1, 0.15) is 44.5 Å². The second-order valence-corrected chi connectivity index (χ2v) is 23.1. The van der Waals surface area contributed by atoms with Crippen LogP contribution < -0.4 is 0 Å². The van der Waals surface area contributed by atoms with Gasteiger partial charge in [-0.3, -0.25) is 4.40 Å². The highest BCUT2D eigenvalue weighted by Crippen LogP contribution is 2.59. The second-order valence-electron chi connectivity index (χ2n) is 23.1. The smallest absolute Gasteiger partial charge is 0.169 e. The molecular weight excluding hydrogens is 1040 g/mol. The lowest BCUT2D eigenvalue weighted by atomic mass is 9.67.